The minimum Gasteiger partial charge on any atom is -0.349 e. The minimum atomic E-state index is -0.171. The van der Waals surface area contributed by atoms with Crippen molar-refractivity contribution in [2.75, 3.05) is 6.54 Å². The summed E-state index contributed by atoms with van der Waals surface area (Å²) in [5.41, 5.74) is 8.26. The fourth-order valence-electron chi connectivity index (χ4n) is 2.42. The molecule has 1 amide bonds. The van der Waals surface area contributed by atoms with Crippen LogP contribution in [0.4, 0.5) is 0 Å². The first kappa shape index (κ1) is 15.2. The Labute approximate surface area is 138 Å². The molecule has 0 bridgehead atoms. The SMILES string of the molecule is Cc1cc(C(=O)NCC(N)C2CC2)nn1-c1ccc(Br)cc1. The van der Waals surface area contributed by atoms with E-state index in [4.69, 9.17) is 5.73 Å². The van der Waals surface area contributed by atoms with Gasteiger partial charge in [-0.2, -0.15) is 5.10 Å². The molecule has 2 aromatic rings. The van der Waals surface area contributed by atoms with Crippen molar-refractivity contribution in [3.63, 3.8) is 0 Å². The van der Waals surface area contributed by atoms with Gasteiger partial charge in [0.05, 0.1) is 5.69 Å². The lowest BCUT2D eigenvalue weighted by molar-refractivity contribution is 0.0945. The van der Waals surface area contributed by atoms with Gasteiger partial charge in [-0.25, -0.2) is 4.68 Å². The molecule has 1 aliphatic carbocycles. The highest BCUT2D eigenvalue weighted by Gasteiger charge is 2.28. The summed E-state index contributed by atoms with van der Waals surface area (Å²) < 4.78 is 2.77. The molecule has 5 nitrogen and oxygen atoms in total. The van der Waals surface area contributed by atoms with E-state index in [2.05, 4.69) is 26.3 Å². The summed E-state index contributed by atoms with van der Waals surface area (Å²) in [4.78, 5) is 12.2. The molecule has 1 saturated carbocycles. The van der Waals surface area contributed by atoms with Crippen LogP contribution in [0.15, 0.2) is 34.8 Å². The molecule has 1 heterocycles. The molecule has 1 aromatic carbocycles. The maximum atomic E-state index is 12.2. The van der Waals surface area contributed by atoms with E-state index in [1.54, 1.807) is 10.7 Å². The summed E-state index contributed by atoms with van der Waals surface area (Å²) in [5, 5.41) is 7.27. The van der Waals surface area contributed by atoms with Gasteiger partial charge in [0, 0.05) is 22.8 Å². The molecule has 1 aliphatic rings. The maximum Gasteiger partial charge on any atom is 0.271 e. The Morgan fingerprint density at radius 3 is 2.77 bits per heavy atom. The van der Waals surface area contributed by atoms with Crippen LogP contribution in [0.25, 0.3) is 5.69 Å². The van der Waals surface area contributed by atoms with Crippen LogP contribution in [0.3, 0.4) is 0 Å². The number of nitrogens with zero attached hydrogens (tertiary/aromatic N) is 2. The molecule has 0 aliphatic heterocycles. The van der Waals surface area contributed by atoms with Crippen molar-refractivity contribution in [1.29, 1.82) is 0 Å². The Hall–Kier alpha value is -1.66. The van der Waals surface area contributed by atoms with Crippen molar-refractivity contribution >= 4 is 21.8 Å². The smallest absolute Gasteiger partial charge is 0.271 e. The highest BCUT2D eigenvalue weighted by molar-refractivity contribution is 9.10. The van der Waals surface area contributed by atoms with Gasteiger partial charge in [-0.3, -0.25) is 4.79 Å². The van der Waals surface area contributed by atoms with Crippen LogP contribution in [-0.4, -0.2) is 28.3 Å². The molecule has 1 unspecified atom stereocenters. The van der Waals surface area contributed by atoms with E-state index >= 15 is 0 Å². The van der Waals surface area contributed by atoms with Gasteiger partial charge in [0.25, 0.3) is 5.91 Å². The van der Waals surface area contributed by atoms with Crippen LogP contribution in [0.1, 0.15) is 29.0 Å². The number of nitrogens with two attached hydrogens (primary N) is 1. The molecule has 6 heteroatoms. The second-order valence-corrected chi connectivity index (χ2v) is 6.69. The number of carbonyl (C=O) groups is 1. The fourth-order valence-corrected chi connectivity index (χ4v) is 2.69. The Kier molecular flexibility index (Phi) is 4.31. The number of aryl methyl sites for hydroxylation is 1. The van der Waals surface area contributed by atoms with Crippen molar-refractivity contribution in [2.24, 2.45) is 11.7 Å². The summed E-state index contributed by atoms with van der Waals surface area (Å²) in [6.45, 7) is 2.44. The standard InChI is InChI=1S/C16H19BrN4O/c1-10-8-15(16(22)19-9-14(18)11-2-3-11)20-21(10)13-6-4-12(17)5-7-13/h4-8,11,14H,2-3,9,18H2,1H3,(H,19,22). The maximum absolute atomic E-state index is 12.2. The zero-order valence-corrected chi connectivity index (χ0v) is 14.0. The van der Waals surface area contributed by atoms with Crippen molar-refractivity contribution in [1.82, 2.24) is 15.1 Å². The summed E-state index contributed by atoms with van der Waals surface area (Å²) in [6.07, 6.45) is 2.35. The van der Waals surface area contributed by atoms with Crippen LogP contribution in [-0.2, 0) is 0 Å². The largest absolute Gasteiger partial charge is 0.349 e. The molecule has 1 fully saturated rings. The lowest BCUT2D eigenvalue weighted by Crippen LogP contribution is -2.38. The van der Waals surface area contributed by atoms with Crippen molar-refractivity contribution in [3.05, 3.63) is 46.2 Å². The molecule has 116 valence electrons. The summed E-state index contributed by atoms with van der Waals surface area (Å²) in [5.74, 6) is 0.400. The second kappa shape index (κ2) is 6.22. The van der Waals surface area contributed by atoms with Crippen LogP contribution in [0.2, 0.25) is 0 Å². The highest BCUT2D eigenvalue weighted by Crippen LogP contribution is 2.31. The molecule has 1 atom stereocenters. The van der Waals surface area contributed by atoms with Crippen LogP contribution >= 0.6 is 15.9 Å². The molecule has 1 aromatic heterocycles. The van der Waals surface area contributed by atoms with Crippen molar-refractivity contribution in [3.8, 4) is 5.69 Å². The molecule has 0 spiro atoms. The molecule has 0 radical (unpaired) electrons. The van der Waals surface area contributed by atoms with Gasteiger partial charge in [-0.1, -0.05) is 15.9 Å². The first-order valence-electron chi connectivity index (χ1n) is 7.41. The summed E-state index contributed by atoms with van der Waals surface area (Å²) >= 11 is 3.41. The first-order chi connectivity index (χ1) is 10.5. The third kappa shape index (κ3) is 3.39. The van der Waals surface area contributed by atoms with Gasteiger partial charge >= 0.3 is 0 Å². The highest BCUT2D eigenvalue weighted by atomic mass is 79.9. The van der Waals surface area contributed by atoms with E-state index in [9.17, 15) is 4.79 Å². The Bertz CT molecular complexity index is 676. The van der Waals surface area contributed by atoms with Crippen LogP contribution < -0.4 is 11.1 Å². The van der Waals surface area contributed by atoms with Gasteiger partial charge < -0.3 is 11.1 Å². The third-order valence-corrected chi connectivity index (χ3v) is 4.45. The number of amides is 1. The van der Waals surface area contributed by atoms with Gasteiger partial charge in [0.15, 0.2) is 5.69 Å². The Balaban J connectivity index is 1.70. The zero-order chi connectivity index (χ0) is 15.7. The predicted octanol–water partition coefficient (Wildman–Crippen LogP) is 2.41. The van der Waals surface area contributed by atoms with Gasteiger partial charge in [0.2, 0.25) is 0 Å². The average Bonchev–Trinajstić information content (AvgIpc) is 3.28. The van der Waals surface area contributed by atoms with Gasteiger partial charge in [0.1, 0.15) is 0 Å². The average molecular weight is 363 g/mol. The van der Waals surface area contributed by atoms with E-state index < -0.39 is 0 Å². The van der Waals surface area contributed by atoms with E-state index in [0.29, 0.717) is 18.2 Å². The van der Waals surface area contributed by atoms with E-state index in [1.807, 2.05) is 31.2 Å². The van der Waals surface area contributed by atoms with Gasteiger partial charge in [-0.15, -0.1) is 0 Å². The van der Waals surface area contributed by atoms with E-state index in [1.165, 1.54) is 12.8 Å². The van der Waals surface area contributed by atoms with Crippen molar-refractivity contribution in [2.45, 2.75) is 25.8 Å². The number of hydrogen-bond donors (Lipinski definition) is 2. The normalized spacial score (nSPS) is 15.6. The summed E-state index contributed by atoms with van der Waals surface area (Å²) in [6, 6.07) is 9.65. The number of hydrogen-bond acceptors (Lipinski definition) is 3. The number of benzene rings is 1. The molecule has 3 rings (SSSR count). The number of nitrogens with one attached hydrogen (secondary N) is 1. The summed E-state index contributed by atoms with van der Waals surface area (Å²) in [7, 11) is 0. The van der Waals surface area contributed by atoms with Gasteiger partial charge in [-0.05, 0) is 56.0 Å². The Morgan fingerprint density at radius 1 is 1.45 bits per heavy atom. The number of halogens is 1. The lowest BCUT2D eigenvalue weighted by Gasteiger charge is -2.10. The third-order valence-electron chi connectivity index (χ3n) is 3.92. The monoisotopic (exact) mass is 362 g/mol. The second-order valence-electron chi connectivity index (χ2n) is 5.77. The predicted molar refractivity (Wildman–Crippen MR) is 89.0 cm³/mol. The van der Waals surface area contributed by atoms with E-state index in [0.717, 1.165) is 15.9 Å². The quantitative estimate of drug-likeness (QED) is 0.857. The molecule has 0 saturated heterocycles. The van der Waals surface area contributed by atoms with E-state index in [-0.39, 0.29) is 11.9 Å². The fraction of sp³-hybridized carbons (Fsp3) is 0.375. The molecule has 3 N–H and O–H groups in total. The van der Waals surface area contributed by atoms with Crippen LogP contribution in [0.5, 0.6) is 0 Å². The molecular weight excluding hydrogens is 344 g/mol. The molecule has 22 heavy (non-hydrogen) atoms. The molecular formula is C16H19BrN4O. The number of carbonyl (C=O) groups excluding carboxylic acids is 1. The lowest BCUT2D eigenvalue weighted by atomic mass is 10.2. The van der Waals surface area contributed by atoms with Crippen molar-refractivity contribution < 1.29 is 4.79 Å². The minimum absolute atomic E-state index is 0.0543. The topological polar surface area (TPSA) is 72.9 Å². The zero-order valence-electron chi connectivity index (χ0n) is 12.4. The first-order valence-corrected chi connectivity index (χ1v) is 8.20. The Morgan fingerprint density at radius 2 is 2.14 bits per heavy atom. The number of aromatic nitrogens is 2. The number of rotatable bonds is 5. The van der Waals surface area contributed by atoms with Crippen LogP contribution in [0, 0.1) is 12.8 Å².